The highest BCUT2D eigenvalue weighted by Gasteiger charge is 2.12. The minimum Gasteiger partial charge on any atom is -0.507 e. The first-order valence-corrected chi connectivity index (χ1v) is 36.1. The highest BCUT2D eigenvalue weighted by Crippen LogP contribution is 2.19. The van der Waals surface area contributed by atoms with E-state index in [4.69, 9.17) is 23.7 Å². The maximum absolute atomic E-state index is 11.7. The van der Waals surface area contributed by atoms with Crippen molar-refractivity contribution in [1.82, 2.24) is 0 Å². The molecule has 1 N–H and O–H groups in total. The summed E-state index contributed by atoms with van der Waals surface area (Å²) in [5.74, 6) is -0.671. The maximum atomic E-state index is 11.7. The third-order valence-electron chi connectivity index (χ3n) is 14.9. The van der Waals surface area contributed by atoms with Gasteiger partial charge in [0.05, 0.1) is 26.4 Å². The Kier molecular flexibility index (Phi) is 73.9. The Bertz CT molecular complexity index is 1750. The first kappa shape index (κ1) is 86.8. The molecule has 2 aromatic rings. The lowest BCUT2D eigenvalue weighted by atomic mass is 10.0. The molecule has 0 unspecified atom stereocenters. The second-order valence-electron chi connectivity index (χ2n) is 23.4. The number of unbranched alkanes of at least 4 members (excludes halogenated alkanes) is 36. The molecule has 2 rings (SSSR count). The molecule has 0 aromatic heterocycles. The van der Waals surface area contributed by atoms with Gasteiger partial charge in [0.15, 0.2) is 0 Å². The molecule has 0 aliphatic rings. The van der Waals surface area contributed by atoms with Crippen LogP contribution in [-0.4, -0.2) is 61.4 Å². The van der Waals surface area contributed by atoms with Gasteiger partial charge in [-0.1, -0.05) is 315 Å². The maximum Gasteiger partial charge on any atom is 0.342 e. The van der Waals surface area contributed by atoms with E-state index in [1.54, 1.807) is 12.1 Å². The molecule has 87 heavy (non-hydrogen) atoms. The number of esters is 5. The number of para-hydroxylation sites is 1. The van der Waals surface area contributed by atoms with Crippen molar-refractivity contribution in [3.8, 4) is 5.75 Å². The van der Waals surface area contributed by atoms with Gasteiger partial charge in [-0.05, 0) is 70.1 Å². The van der Waals surface area contributed by atoms with E-state index in [0.717, 1.165) is 56.9 Å². The van der Waals surface area contributed by atoms with Crippen LogP contribution < -0.4 is 0 Å². The van der Waals surface area contributed by atoms with Gasteiger partial charge in [-0.15, -0.1) is 0 Å². The van der Waals surface area contributed by atoms with E-state index in [0.29, 0.717) is 52.1 Å². The lowest BCUT2D eigenvalue weighted by Gasteiger charge is -2.05. The molecule has 0 heterocycles. The largest absolute Gasteiger partial charge is 0.507 e. The zero-order valence-electron chi connectivity index (χ0n) is 57.8. The number of hydrogen-bond acceptors (Lipinski definition) is 11. The summed E-state index contributed by atoms with van der Waals surface area (Å²) in [5, 5.41) is 9.48. The summed E-state index contributed by atoms with van der Waals surface area (Å²) in [7, 11) is 0. The average Bonchev–Trinajstić information content (AvgIpc) is 3.69. The van der Waals surface area contributed by atoms with Crippen LogP contribution in [0.15, 0.2) is 54.6 Å². The molecule has 0 radical (unpaired) electrons. The zero-order chi connectivity index (χ0) is 64.6. The van der Waals surface area contributed by atoms with Gasteiger partial charge in [-0.2, -0.15) is 0 Å². The Labute approximate surface area is 535 Å². The van der Waals surface area contributed by atoms with Crippen molar-refractivity contribution >= 4 is 29.8 Å². The van der Waals surface area contributed by atoms with Gasteiger partial charge in [-0.3, -0.25) is 19.2 Å². The van der Waals surface area contributed by atoms with Crippen LogP contribution in [0, 0.1) is 0 Å². The van der Waals surface area contributed by atoms with Crippen LogP contribution in [0.4, 0.5) is 0 Å². The van der Waals surface area contributed by atoms with Crippen molar-refractivity contribution in [1.29, 1.82) is 0 Å². The van der Waals surface area contributed by atoms with Gasteiger partial charge in [0.1, 0.15) is 17.9 Å². The third-order valence-corrected chi connectivity index (χ3v) is 14.9. The molecule has 0 spiro atoms. The Morgan fingerprint density at radius 2 is 0.552 bits per heavy atom. The number of phenolic OH excluding ortho intramolecular Hbond substituents is 1. The van der Waals surface area contributed by atoms with E-state index in [1.807, 2.05) is 44.2 Å². The molecule has 506 valence electrons. The quantitative estimate of drug-likeness (QED) is 0.0383. The topological polar surface area (TPSA) is 152 Å². The summed E-state index contributed by atoms with van der Waals surface area (Å²) in [6, 6.07) is 15.7. The third kappa shape index (κ3) is 70.6. The fourth-order valence-corrected chi connectivity index (χ4v) is 9.42. The molecule has 0 saturated carbocycles. The summed E-state index contributed by atoms with van der Waals surface area (Å²) < 4.78 is 25.1. The molecule has 0 bridgehead atoms. The zero-order valence-corrected chi connectivity index (χ0v) is 57.8. The van der Waals surface area contributed by atoms with Gasteiger partial charge in [0.2, 0.25) is 0 Å². The van der Waals surface area contributed by atoms with Gasteiger partial charge in [0.25, 0.3) is 0 Å². The number of ether oxygens (including phenoxy) is 5. The number of rotatable bonds is 53. The molecule has 0 aliphatic carbocycles. The predicted octanol–water partition coefficient (Wildman–Crippen LogP) is 23.0. The molecular weight excluding hydrogens is 1090 g/mol. The van der Waals surface area contributed by atoms with Crippen LogP contribution >= 0.6 is 0 Å². The first-order chi connectivity index (χ1) is 42.5. The first-order valence-electron chi connectivity index (χ1n) is 36.1. The molecule has 0 fully saturated rings. The Morgan fingerprint density at radius 1 is 0.287 bits per heavy atom. The summed E-state index contributed by atoms with van der Waals surface area (Å²) in [6.45, 7) is 19.4. The van der Waals surface area contributed by atoms with Crippen molar-refractivity contribution in [3.63, 3.8) is 0 Å². The molecule has 11 nitrogen and oxygen atoms in total. The summed E-state index contributed by atoms with van der Waals surface area (Å²) >= 11 is 0. The van der Waals surface area contributed by atoms with Gasteiger partial charge in [-0.25, -0.2) is 4.79 Å². The van der Waals surface area contributed by atoms with E-state index in [-0.39, 0.29) is 41.8 Å². The van der Waals surface area contributed by atoms with Crippen molar-refractivity contribution in [3.05, 3.63) is 65.7 Å². The summed E-state index contributed by atoms with van der Waals surface area (Å²) in [5.41, 5.74) is 1.10. The number of phenols is 1. The van der Waals surface area contributed by atoms with Crippen LogP contribution in [0.2, 0.25) is 0 Å². The predicted molar refractivity (Wildman–Crippen MR) is 365 cm³/mol. The molecule has 2 aromatic carbocycles. The molecule has 0 aliphatic heterocycles. The fourth-order valence-electron chi connectivity index (χ4n) is 9.42. The van der Waals surface area contributed by atoms with Crippen molar-refractivity contribution < 1.29 is 52.8 Å². The van der Waals surface area contributed by atoms with Crippen LogP contribution in [0.3, 0.4) is 0 Å². The minimum atomic E-state index is -0.521. The summed E-state index contributed by atoms with van der Waals surface area (Å²) in [4.78, 5) is 56.4. The number of benzene rings is 2. The highest BCUT2D eigenvalue weighted by molar-refractivity contribution is 5.92. The lowest BCUT2D eigenvalue weighted by Crippen LogP contribution is -2.05. The van der Waals surface area contributed by atoms with Crippen molar-refractivity contribution in [2.75, 3.05) is 26.4 Å². The molecule has 11 heteroatoms. The molecule has 0 atom stereocenters. The van der Waals surface area contributed by atoms with Crippen LogP contribution in [0.25, 0.3) is 0 Å². The van der Waals surface area contributed by atoms with Gasteiger partial charge >= 0.3 is 29.8 Å². The number of carbonyl (C=O) groups is 5. The van der Waals surface area contributed by atoms with Gasteiger partial charge in [0, 0.05) is 25.7 Å². The molecular formula is C76H136O11. The Balaban J connectivity index is -0.00000103. The van der Waals surface area contributed by atoms with E-state index in [9.17, 15) is 29.1 Å². The second kappa shape index (κ2) is 74.1. The lowest BCUT2D eigenvalue weighted by molar-refractivity contribution is -0.144. The van der Waals surface area contributed by atoms with E-state index >= 15 is 0 Å². The fraction of sp³-hybridized carbons (Fsp3) is 0.776. The SMILES string of the molecule is CCCCCCCC(=O)OCC.CCCCCCCCCC(=O)OCC.CCCCCCCCCCCC(=O)OCCCCCC.CCCCCCCCCCCCCCCCCC(=O)OCCCC.O=C(OCc1ccccc1)c1ccccc1O. The van der Waals surface area contributed by atoms with Crippen LogP contribution in [-0.2, 0) is 49.5 Å². The van der Waals surface area contributed by atoms with E-state index in [1.165, 1.54) is 230 Å². The molecule has 0 amide bonds. The Hall–Kier alpha value is -4.41. The minimum absolute atomic E-state index is 0.00172. The second-order valence-corrected chi connectivity index (χ2v) is 23.4. The summed E-state index contributed by atoms with van der Waals surface area (Å²) in [6.07, 6.45) is 55.8. The van der Waals surface area contributed by atoms with E-state index < -0.39 is 5.97 Å². The monoisotopic (exact) mass is 1230 g/mol. The van der Waals surface area contributed by atoms with E-state index in [2.05, 4.69) is 41.5 Å². The van der Waals surface area contributed by atoms with Gasteiger partial charge < -0.3 is 28.8 Å². The van der Waals surface area contributed by atoms with Crippen LogP contribution in [0.5, 0.6) is 5.75 Å². The highest BCUT2D eigenvalue weighted by atomic mass is 16.5. The average molecular weight is 1230 g/mol. The van der Waals surface area contributed by atoms with Crippen molar-refractivity contribution in [2.24, 2.45) is 0 Å². The standard InChI is InChI=1S/C22H44O2.C18H36O2.C14H12O3.C12H24O2.C10H20O2/c1-3-5-7-8-9-10-11-12-13-14-15-16-17-18-19-20-22(23)24-21-6-4-2;1-3-5-7-9-10-11-12-13-14-16-18(19)20-17-15-8-6-4-2;15-13-9-5-4-8-12(13)14(16)17-10-11-6-2-1-3-7-11;1-3-5-6-7-8-9-10-11-12(13)14-4-2;1-3-5-6-7-8-9-10(11)12-4-2/h3-21H2,1-2H3;3-17H2,1-2H3;1-9,15H,10H2;3-11H2,1-2H3;3-9H2,1-2H3. The normalized spacial score (nSPS) is 10.4. The smallest absolute Gasteiger partial charge is 0.342 e. The number of hydrogen-bond donors (Lipinski definition) is 1. The van der Waals surface area contributed by atoms with Crippen molar-refractivity contribution in [2.45, 2.75) is 357 Å². The molecule has 0 saturated heterocycles. The number of carbonyl (C=O) groups excluding carboxylic acids is 5. The number of aromatic hydroxyl groups is 1. The Morgan fingerprint density at radius 3 is 0.862 bits per heavy atom. The van der Waals surface area contributed by atoms with Crippen LogP contribution in [0.1, 0.15) is 367 Å².